The Hall–Kier alpha value is -1.70. The summed E-state index contributed by atoms with van der Waals surface area (Å²) >= 11 is 3.39. The van der Waals surface area contributed by atoms with Gasteiger partial charge >= 0.3 is 0 Å². The molecule has 0 unspecified atom stereocenters. The molecule has 7 heteroatoms. The highest BCUT2D eigenvalue weighted by Gasteiger charge is 2.23. The molecule has 0 spiro atoms. The fraction of sp³-hybridized carbons (Fsp3) is 0.278. The van der Waals surface area contributed by atoms with E-state index in [1.54, 1.807) is 26.0 Å². The molecular formula is C18H21BrN2O3S. The molecule has 0 bridgehead atoms. The molecule has 5 nitrogen and oxygen atoms in total. The van der Waals surface area contributed by atoms with Gasteiger partial charge in [0.1, 0.15) is 0 Å². The molecule has 1 N–H and O–H groups in total. The molecule has 2 aromatic rings. The van der Waals surface area contributed by atoms with E-state index in [0.717, 1.165) is 19.9 Å². The number of sulfonamides is 1. The molecule has 0 aliphatic carbocycles. The smallest absolute Gasteiger partial charge is 0.255 e. The third-order valence-corrected chi connectivity index (χ3v) is 6.51. The number of nitrogens with zero attached hydrogens (tertiary/aromatic N) is 1. The fourth-order valence-electron chi connectivity index (χ4n) is 2.38. The van der Waals surface area contributed by atoms with Crippen molar-refractivity contribution in [2.24, 2.45) is 0 Å². The van der Waals surface area contributed by atoms with Crippen LogP contribution in [0, 0.1) is 20.8 Å². The molecule has 0 heterocycles. The number of rotatable bonds is 4. The van der Waals surface area contributed by atoms with Crippen LogP contribution in [0.5, 0.6) is 0 Å². The second-order valence-electron chi connectivity index (χ2n) is 6.12. The van der Waals surface area contributed by atoms with Crippen molar-refractivity contribution in [1.29, 1.82) is 0 Å². The van der Waals surface area contributed by atoms with Crippen molar-refractivity contribution in [3.63, 3.8) is 0 Å². The molecule has 2 aromatic carbocycles. The number of nitrogens with one attached hydrogen (secondary N) is 1. The van der Waals surface area contributed by atoms with Crippen molar-refractivity contribution in [3.05, 3.63) is 57.1 Å². The van der Waals surface area contributed by atoms with Crippen LogP contribution in [0.3, 0.4) is 0 Å². The highest BCUT2D eigenvalue weighted by Crippen LogP contribution is 2.25. The second-order valence-corrected chi connectivity index (χ2v) is 9.15. The summed E-state index contributed by atoms with van der Waals surface area (Å²) in [5, 5.41) is 2.84. The Morgan fingerprint density at radius 1 is 1.04 bits per heavy atom. The van der Waals surface area contributed by atoms with Gasteiger partial charge in [0.25, 0.3) is 5.91 Å². The van der Waals surface area contributed by atoms with Gasteiger partial charge in [-0.3, -0.25) is 4.79 Å². The SMILES string of the molecule is Cc1cc(Br)ccc1NC(=O)c1cc(C)c(C)c(S(=O)(=O)N(C)C)c1. The monoisotopic (exact) mass is 424 g/mol. The van der Waals surface area contributed by atoms with Crippen molar-refractivity contribution in [2.45, 2.75) is 25.7 Å². The molecule has 0 saturated carbocycles. The van der Waals surface area contributed by atoms with Crippen LogP contribution in [0.25, 0.3) is 0 Å². The van der Waals surface area contributed by atoms with Crippen LogP contribution in [0.1, 0.15) is 27.0 Å². The normalized spacial score (nSPS) is 11.6. The summed E-state index contributed by atoms with van der Waals surface area (Å²) in [4.78, 5) is 12.8. The van der Waals surface area contributed by atoms with Crippen molar-refractivity contribution in [3.8, 4) is 0 Å². The minimum atomic E-state index is -3.63. The Kier molecular flexibility index (Phi) is 5.71. The molecule has 0 aliphatic heterocycles. The zero-order valence-electron chi connectivity index (χ0n) is 14.8. The Morgan fingerprint density at radius 3 is 2.24 bits per heavy atom. The Labute approximate surface area is 157 Å². The highest BCUT2D eigenvalue weighted by atomic mass is 79.9. The lowest BCUT2D eigenvalue weighted by Crippen LogP contribution is -2.24. The molecule has 25 heavy (non-hydrogen) atoms. The van der Waals surface area contributed by atoms with Gasteiger partial charge in [-0.05, 0) is 67.8 Å². The van der Waals surface area contributed by atoms with Crippen molar-refractivity contribution in [1.82, 2.24) is 4.31 Å². The van der Waals surface area contributed by atoms with E-state index in [-0.39, 0.29) is 10.8 Å². The minimum absolute atomic E-state index is 0.148. The molecule has 134 valence electrons. The molecule has 0 aliphatic rings. The van der Waals surface area contributed by atoms with Gasteiger partial charge in [0.05, 0.1) is 4.90 Å². The van der Waals surface area contributed by atoms with Gasteiger partial charge in [0.2, 0.25) is 10.0 Å². The summed E-state index contributed by atoms with van der Waals surface area (Å²) in [5.74, 6) is -0.344. The number of carbonyl (C=O) groups is 1. The predicted molar refractivity (Wildman–Crippen MR) is 104 cm³/mol. The summed E-state index contributed by atoms with van der Waals surface area (Å²) < 4.78 is 27.1. The number of carbonyl (C=O) groups excluding carboxylic acids is 1. The lowest BCUT2D eigenvalue weighted by atomic mass is 10.1. The van der Waals surface area contributed by atoms with E-state index in [9.17, 15) is 13.2 Å². The zero-order chi connectivity index (χ0) is 18.9. The maximum absolute atomic E-state index is 12.6. The van der Waals surface area contributed by atoms with Gasteiger partial charge in [-0.25, -0.2) is 12.7 Å². The first-order chi connectivity index (χ1) is 11.5. The largest absolute Gasteiger partial charge is 0.322 e. The topological polar surface area (TPSA) is 66.5 Å². The van der Waals surface area contributed by atoms with Crippen molar-refractivity contribution < 1.29 is 13.2 Å². The van der Waals surface area contributed by atoms with E-state index in [0.29, 0.717) is 16.8 Å². The van der Waals surface area contributed by atoms with E-state index in [1.165, 1.54) is 20.2 Å². The molecular weight excluding hydrogens is 404 g/mol. The number of anilines is 1. The van der Waals surface area contributed by atoms with E-state index >= 15 is 0 Å². The first-order valence-corrected chi connectivity index (χ1v) is 9.88. The van der Waals surface area contributed by atoms with Crippen LogP contribution in [0.4, 0.5) is 5.69 Å². The van der Waals surface area contributed by atoms with Crippen LogP contribution in [-0.4, -0.2) is 32.7 Å². The fourth-order valence-corrected chi connectivity index (χ4v) is 4.08. The lowest BCUT2D eigenvalue weighted by molar-refractivity contribution is 0.102. The maximum atomic E-state index is 12.6. The Morgan fingerprint density at radius 2 is 1.68 bits per heavy atom. The van der Waals surface area contributed by atoms with Crippen molar-refractivity contribution >= 4 is 37.5 Å². The number of halogens is 1. The molecule has 0 radical (unpaired) electrons. The Bertz CT molecular complexity index is 938. The summed E-state index contributed by atoms with van der Waals surface area (Å²) in [6.45, 7) is 5.43. The van der Waals surface area contributed by atoms with Crippen LogP contribution >= 0.6 is 15.9 Å². The highest BCUT2D eigenvalue weighted by molar-refractivity contribution is 9.10. The minimum Gasteiger partial charge on any atom is -0.322 e. The standard InChI is InChI=1S/C18H21BrN2O3S/c1-11-8-14(10-17(13(11)3)25(23,24)21(4)5)18(22)20-16-7-6-15(19)9-12(16)2/h6-10H,1-5H3,(H,20,22). The molecule has 0 atom stereocenters. The quantitative estimate of drug-likeness (QED) is 0.809. The summed E-state index contributed by atoms with van der Waals surface area (Å²) in [7, 11) is -0.677. The molecule has 2 rings (SSSR count). The van der Waals surface area contributed by atoms with Gasteiger partial charge < -0.3 is 5.32 Å². The lowest BCUT2D eigenvalue weighted by Gasteiger charge is -2.17. The first kappa shape index (κ1) is 19.6. The van der Waals surface area contributed by atoms with Crippen LogP contribution < -0.4 is 5.32 Å². The molecule has 1 amide bonds. The van der Waals surface area contributed by atoms with Gasteiger partial charge in [0, 0.05) is 29.8 Å². The average Bonchev–Trinajstić information content (AvgIpc) is 2.52. The number of benzene rings is 2. The predicted octanol–water partition coefficient (Wildman–Crippen LogP) is 3.88. The summed E-state index contributed by atoms with van der Waals surface area (Å²) in [5.41, 5.74) is 3.30. The molecule has 0 fully saturated rings. The first-order valence-electron chi connectivity index (χ1n) is 7.65. The van der Waals surface area contributed by atoms with E-state index in [1.807, 2.05) is 19.1 Å². The number of amides is 1. The van der Waals surface area contributed by atoms with Crippen LogP contribution in [0.15, 0.2) is 39.7 Å². The van der Waals surface area contributed by atoms with Gasteiger partial charge in [-0.15, -0.1) is 0 Å². The summed E-state index contributed by atoms with van der Waals surface area (Å²) in [6, 6.07) is 8.67. The Balaban J connectivity index is 2.46. The second kappa shape index (κ2) is 7.27. The average molecular weight is 425 g/mol. The third kappa shape index (κ3) is 4.11. The zero-order valence-corrected chi connectivity index (χ0v) is 17.2. The third-order valence-electron chi connectivity index (χ3n) is 4.08. The van der Waals surface area contributed by atoms with Gasteiger partial charge in [-0.1, -0.05) is 15.9 Å². The molecule has 0 saturated heterocycles. The van der Waals surface area contributed by atoms with Crippen LogP contribution in [-0.2, 0) is 10.0 Å². The van der Waals surface area contributed by atoms with E-state index in [2.05, 4.69) is 21.2 Å². The maximum Gasteiger partial charge on any atom is 0.255 e. The van der Waals surface area contributed by atoms with Crippen molar-refractivity contribution in [2.75, 3.05) is 19.4 Å². The number of aryl methyl sites for hydroxylation is 2. The van der Waals surface area contributed by atoms with Gasteiger partial charge in [-0.2, -0.15) is 0 Å². The number of hydrogen-bond donors (Lipinski definition) is 1. The molecule has 0 aromatic heterocycles. The van der Waals surface area contributed by atoms with E-state index < -0.39 is 10.0 Å². The van der Waals surface area contributed by atoms with Gasteiger partial charge in [0.15, 0.2) is 0 Å². The number of hydrogen-bond acceptors (Lipinski definition) is 3. The summed E-state index contributed by atoms with van der Waals surface area (Å²) in [6.07, 6.45) is 0. The van der Waals surface area contributed by atoms with E-state index in [4.69, 9.17) is 0 Å². The van der Waals surface area contributed by atoms with Crippen LogP contribution in [0.2, 0.25) is 0 Å².